The van der Waals surface area contributed by atoms with E-state index in [2.05, 4.69) is 4.98 Å². The van der Waals surface area contributed by atoms with Gasteiger partial charge in [0, 0.05) is 38.3 Å². The molecule has 3 aliphatic rings. The Labute approximate surface area is 136 Å². The summed E-state index contributed by atoms with van der Waals surface area (Å²) in [5, 5.41) is 0. The van der Waals surface area contributed by atoms with Gasteiger partial charge >= 0.3 is 0 Å². The van der Waals surface area contributed by atoms with Crippen molar-refractivity contribution >= 4 is 11.8 Å². The van der Waals surface area contributed by atoms with E-state index >= 15 is 0 Å². The van der Waals surface area contributed by atoms with Gasteiger partial charge in [-0.1, -0.05) is 6.07 Å². The van der Waals surface area contributed by atoms with E-state index < -0.39 is 0 Å². The second-order valence-corrected chi connectivity index (χ2v) is 7.16. The fourth-order valence-electron chi connectivity index (χ4n) is 4.24. The van der Waals surface area contributed by atoms with Gasteiger partial charge < -0.3 is 9.80 Å². The first-order valence-electron chi connectivity index (χ1n) is 8.64. The highest BCUT2D eigenvalue weighted by Crippen LogP contribution is 2.53. The molecule has 3 heterocycles. The molecule has 2 amide bonds. The lowest BCUT2D eigenvalue weighted by Gasteiger charge is -2.20. The predicted octanol–water partition coefficient (Wildman–Crippen LogP) is 1.72. The second-order valence-electron chi connectivity index (χ2n) is 7.16. The number of amides is 2. The van der Waals surface area contributed by atoms with E-state index in [1.807, 2.05) is 28.9 Å². The molecule has 5 nitrogen and oxygen atoms in total. The summed E-state index contributed by atoms with van der Waals surface area (Å²) < 4.78 is 0. The maximum atomic E-state index is 12.5. The molecular formula is C18H23N3O2. The summed E-state index contributed by atoms with van der Waals surface area (Å²) in [5.41, 5.74) is 1.41. The Morgan fingerprint density at radius 2 is 1.83 bits per heavy atom. The molecular weight excluding hydrogens is 290 g/mol. The third-order valence-electron chi connectivity index (χ3n) is 5.64. The largest absolute Gasteiger partial charge is 0.343 e. The number of carbonyl (C=O) groups is 2. The number of pyridine rings is 1. The maximum Gasteiger partial charge on any atom is 0.272 e. The van der Waals surface area contributed by atoms with E-state index in [4.69, 9.17) is 0 Å². The highest BCUT2D eigenvalue weighted by Gasteiger charge is 2.57. The summed E-state index contributed by atoms with van der Waals surface area (Å²) in [4.78, 5) is 33.0. The van der Waals surface area contributed by atoms with Crippen LogP contribution < -0.4 is 0 Å². The number of rotatable bonds is 3. The third-order valence-corrected chi connectivity index (χ3v) is 5.64. The third kappa shape index (κ3) is 2.73. The summed E-state index contributed by atoms with van der Waals surface area (Å²) in [7, 11) is 0. The Bertz CT molecular complexity index is 627. The van der Waals surface area contributed by atoms with Crippen molar-refractivity contribution in [2.45, 2.75) is 26.2 Å². The molecule has 0 radical (unpaired) electrons. The number of piperidine rings is 1. The van der Waals surface area contributed by atoms with Crippen molar-refractivity contribution in [1.29, 1.82) is 0 Å². The SMILES string of the molecule is Cc1cccc(C(=O)N2C[C@@H]3C(CC(=O)N4CCCC4)[C@@H]3C2)n1. The summed E-state index contributed by atoms with van der Waals surface area (Å²) in [6.45, 7) is 5.35. The van der Waals surface area contributed by atoms with Gasteiger partial charge in [-0.3, -0.25) is 9.59 Å². The summed E-state index contributed by atoms with van der Waals surface area (Å²) in [6.07, 6.45) is 2.98. The molecule has 4 rings (SSSR count). The molecule has 23 heavy (non-hydrogen) atoms. The zero-order valence-electron chi connectivity index (χ0n) is 13.6. The van der Waals surface area contributed by atoms with E-state index in [-0.39, 0.29) is 5.91 Å². The number of hydrogen-bond acceptors (Lipinski definition) is 3. The number of aromatic nitrogens is 1. The standard InChI is InChI=1S/C18H23N3O2/c1-12-5-4-6-16(19-12)18(23)21-10-14-13(15(14)11-21)9-17(22)20-7-2-3-8-20/h4-6,13-15H,2-3,7-11H2,1H3/t13?,14-,15+. The minimum absolute atomic E-state index is 0.0329. The Kier molecular flexibility index (Phi) is 3.58. The highest BCUT2D eigenvalue weighted by atomic mass is 16.2. The topological polar surface area (TPSA) is 53.5 Å². The Balaban J connectivity index is 1.31. The van der Waals surface area contributed by atoms with Crippen molar-refractivity contribution in [3.05, 3.63) is 29.6 Å². The van der Waals surface area contributed by atoms with Gasteiger partial charge in [0.1, 0.15) is 5.69 Å². The highest BCUT2D eigenvalue weighted by molar-refractivity contribution is 5.92. The first-order chi connectivity index (χ1) is 11.1. The van der Waals surface area contributed by atoms with Crippen molar-refractivity contribution in [3.8, 4) is 0 Å². The smallest absolute Gasteiger partial charge is 0.272 e. The van der Waals surface area contributed by atoms with Gasteiger partial charge in [-0.2, -0.15) is 0 Å². The van der Waals surface area contributed by atoms with E-state index in [9.17, 15) is 9.59 Å². The molecule has 3 fully saturated rings. The van der Waals surface area contributed by atoms with Crippen LogP contribution in [-0.4, -0.2) is 52.8 Å². The van der Waals surface area contributed by atoms with Crippen LogP contribution in [0.1, 0.15) is 35.4 Å². The molecule has 2 saturated heterocycles. The van der Waals surface area contributed by atoms with Gasteiger partial charge in [0.25, 0.3) is 5.91 Å². The molecule has 1 unspecified atom stereocenters. The van der Waals surface area contributed by atoms with Crippen LogP contribution in [-0.2, 0) is 4.79 Å². The van der Waals surface area contributed by atoms with Crippen LogP contribution in [0.15, 0.2) is 18.2 Å². The monoisotopic (exact) mass is 313 g/mol. The Morgan fingerprint density at radius 3 is 2.48 bits per heavy atom. The van der Waals surface area contributed by atoms with Crippen LogP contribution in [0.2, 0.25) is 0 Å². The molecule has 5 heteroatoms. The average molecular weight is 313 g/mol. The second kappa shape index (κ2) is 5.62. The fourth-order valence-corrected chi connectivity index (χ4v) is 4.24. The maximum absolute atomic E-state index is 12.5. The zero-order chi connectivity index (χ0) is 16.0. The molecule has 122 valence electrons. The lowest BCUT2D eigenvalue weighted by atomic mass is 10.1. The summed E-state index contributed by atoms with van der Waals surface area (Å²) in [6, 6.07) is 5.57. The molecule has 1 aromatic rings. The normalized spacial score (nSPS) is 28.8. The van der Waals surface area contributed by atoms with E-state index in [0.29, 0.717) is 35.8 Å². The van der Waals surface area contributed by atoms with Crippen molar-refractivity contribution in [2.75, 3.05) is 26.2 Å². The minimum atomic E-state index is 0.0329. The van der Waals surface area contributed by atoms with Crippen LogP contribution in [0.25, 0.3) is 0 Å². The van der Waals surface area contributed by atoms with Gasteiger partial charge in [0.2, 0.25) is 5.91 Å². The molecule has 3 atom stereocenters. The molecule has 1 aliphatic carbocycles. The van der Waals surface area contributed by atoms with Crippen LogP contribution >= 0.6 is 0 Å². The lowest BCUT2D eigenvalue weighted by molar-refractivity contribution is -0.130. The average Bonchev–Trinajstić information content (AvgIpc) is 2.99. The first-order valence-corrected chi connectivity index (χ1v) is 8.64. The number of fused-ring (bicyclic) bond motifs is 1. The minimum Gasteiger partial charge on any atom is -0.343 e. The molecule has 0 bridgehead atoms. The van der Waals surface area contributed by atoms with Gasteiger partial charge in [-0.15, -0.1) is 0 Å². The fraction of sp³-hybridized carbons (Fsp3) is 0.611. The summed E-state index contributed by atoms with van der Waals surface area (Å²) in [5.74, 6) is 1.90. The van der Waals surface area contributed by atoms with E-state index in [1.54, 1.807) is 6.07 Å². The quantitative estimate of drug-likeness (QED) is 0.854. The van der Waals surface area contributed by atoms with Gasteiger partial charge in [-0.25, -0.2) is 4.98 Å². The first kappa shape index (κ1) is 14.7. The number of likely N-dealkylation sites (tertiary alicyclic amines) is 2. The Hall–Kier alpha value is -1.91. The van der Waals surface area contributed by atoms with Crippen LogP contribution in [0.5, 0.6) is 0 Å². The van der Waals surface area contributed by atoms with Gasteiger partial charge in [0.15, 0.2) is 0 Å². The van der Waals surface area contributed by atoms with E-state index in [1.165, 1.54) is 0 Å². The molecule has 0 spiro atoms. The van der Waals surface area contributed by atoms with Crippen molar-refractivity contribution in [3.63, 3.8) is 0 Å². The number of hydrogen-bond donors (Lipinski definition) is 0. The summed E-state index contributed by atoms with van der Waals surface area (Å²) >= 11 is 0. The van der Waals surface area contributed by atoms with Crippen LogP contribution in [0, 0.1) is 24.7 Å². The number of aryl methyl sites for hydroxylation is 1. The molecule has 1 aromatic heterocycles. The zero-order valence-corrected chi connectivity index (χ0v) is 13.6. The van der Waals surface area contributed by atoms with Gasteiger partial charge in [-0.05, 0) is 49.7 Å². The van der Waals surface area contributed by atoms with E-state index in [0.717, 1.165) is 44.7 Å². The van der Waals surface area contributed by atoms with Crippen molar-refractivity contribution in [2.24, 2.45) is 17.8 Å². The molecule has 1 saturated carbocycles. The number of carbonyl (C=O) groups excluding carboxylic acids is 2. The molecule has 0 N–H and O–H groups in total. The van der Waals surface area contributed by atoms with Gasteiger partial charge in [0.05, 0.1) is 0 Å². The van der Waals surface area contributed by atoms with Crippen molar-refractivity contribution in [1.82, 2.24) is 14.8 Å². The molecule has 2 aliphatic heterocycles. The van der Waals surface area contributed by atoms with Crippen LogP contribution in [0.4, 0.5) is 0 Å². The van der Waals surface area contributed by atoms with Crippen LogP contribution in [0.3, 0.4) is 0 Å². The predicted molar refractivity (Wildman–Crippen MR) is 85.8 cm³/mol. The van der Waals surface area contributed by atoms with Crippen molar-refractivity contribution < 1.29 is 9.59 Å². The molecule has 0 aromatic carbocycles. The number of nitrogens with zero attached hydrogens (tertiary/aromatic N) is 3. The lowest BCUT2D eigenvalue weighted by Crippen LogP contribution is -2.33. The Morgan fingerprint density at radius 1 is 1.13 bits per heavy atom.